The summed E-state index contributed by atoms with van der Waals surface area (Å²) in [5, 5.41) is 10.6. The highest BCUT2D eigenvalue weighted by Gasteiger charge is 2.30. The molecule has 0 aromatic carbocycles. The van der Waals surface area contributed by atoms with E-state index < -0.39 is 97.5 Å². The van der Waals surface area contributed by atoms with Gasteiger partial charge in [-0.3, -0.25) is 37.3 Å². The standard InChI is InChI=1S/C77H150O17P2/c1-9-70(8)56-48-40-35-36-42-50-58-75(80)88-64-73(94-77(82)59-51-43-33-26-20-15-13-11-10-12-14-18-23-29-37-45-53-67(2)3)66-92-96(85,86)90-62-71(78)61-89-95(83,84)91-65-72(63-87-74(79)57-49-41-32-28-22-25-31-39-47-55-69(6)7)93-76(81)60-52-44-34-27-21-17-16-19-24-30-38-46-54-68(4)5/h67-73,78H,9-66H2,1-8H3,(H,83,84)(H,85,86)/t70?,71-,72-,73-/m1/s1. The number of aliphatic hydroxyl groups is 1. The second-order valence-electron chi connectivity index (χ2n) is 29.4. The molecule has 96 heavy (non-hydrogen) atoms. The van der Waals surface area contributed by atoms with Gasteiger partial charge < -0.3 is 33.8 Å². The van der Waals surface area contributed by atoms with Gasteiger partial charge in [0.25, 0.3) is 0 Å². The van der Waals surface area contributed by atoms with E-state index in [0.717, 1.165) is 120 Å². The molecule has 0 aliphatic heterocycles. The number of hydrogen-bond acceptors (Lipinski definition) is 15. The van der Waals surface area contributed by atoms with Crippen molar-refractivity contribution in [2.24, 2.45) is 23.7 Å². The molecule has 0 heterocycles. The van der Waals surface area contributed by atoms with Crippen molar-refractivity contribution in [3.63, 3.8) is 0 Å². The van der Waals surface area contributed by atoms with Gasteiger partial charge in [-0.15, -0.1) is 0 Å². The summed E-state index contributed by atoms with van der Waals surface area (Å²) in [5.74, 6) is 0.940. The monoisotopic (exact) mass is 1410 g/mol. The second kappa shape index (κ2) is 66.3. The molecule has 0 aliphatic carbocycles. The Hall–Kier alpha value is -1.94. The molecule has 0 aromatic rings. The van der Waals surface area contributed by atoms with E-state index in [1.165, 1.54) is 186 Å². The number of unbranched alkanes of at least 4 members (excludes halogenated alkanes) is 39. The maximum Gasteiger partial charge on any atom is 0.472 e. The fourth-order valence-electron chi connectivity index (χ4n) is 11.7. The molecule has 0 amide bonds. The molecule has 0 radical (unpaired) electrons. The van der Waals surface area contributed by atoms with Crippen LogP contribution in [0.5, 0.6) is 0 Å². The third kappa shape index (κ3) is 69.2. The van der Waals surface area contributed by atoms with Crippen LogP contribution in [-0.4, -0.2) is 96.7 Å². The van der Waals surface area contributed by atoms with Gasteiger partial charge in [0.15, 0.2) is 12.2 Å². The van der Waals surface area contributed by atoms with Crippen molar-refractivity contribution in [1.82, 2.24) is 0 Å². The van der Waals surface area contributed by atoms with E-state index in [-0.39, 0.29) is 25.7 Å². The van der Waals surface area contributed by atoms with Crippen LogP contribution in [0.2, 0.25) is 0 Å². The summed E-state index contributed by atoms with van der Waals surface area (Å²) in [5.41, 5.74) is 0. The van der Waals surface area contributed by atoms with E-state index in [9.17, 15) is 43.2 Å². The van der Waals surface area contributed by atoms with Crippen molar-refractivity contribution in [1.29, 1.82) is 0 Å². The number of phosphoric ester groups is 2. The minimum Gasteiger partial charge on any atom is -0.462 e. The molecular weight excluding hydrogens is 1260 g/mol. The van der Waals surface area contributed by atoms with Gasteiger partial charge in [-0.2, -0.15) is 0 Å². The molecule has 0 saturated carbocycles. The lowest BCUT2D eigenvalue weighted by Gasteiger charge is -2.21. The van der Waals surface area contributed by atoms with Crippen molar-refractivity contribution in [2.75, 3.05) is 39.6 Å². The van der Waals surface area contributed by atoms with Crippen LogP contribution in [0.4, 0.5) is 0 Å². The molecule has 3 N–H and O–H groups in total. The Labute approximate surface area is 588 Å². The third-order valence-electron chi connectivity index (χ3n) is 18.2. The molecule has 570 valence electrons. The number of ether oxygens (including phenoxy) is 4. The smallest absolute Gasteiger partial charge is 0.462 e. The highest BCUT2D eigenvalue weighted by molar-refractivity contribution is 7.47. The Kier molecular flexibility index (Phi) is 65.0. The summed E-state index contributed by atoms with van der Waals surface area (Å²) >= 11 is 0. The van der Waals surface area contributed by atoms with Crippen LogP contribution >= 0.6 is 15.6 Å². The molecule has 0 bridgehead atoms. The number of aliphatic hydroxyl groups excluding tert-OH is 1. The molecule has 0 aromatic heterocycles. The minimum absolute atomic E-state index is 0.106. The normalized spacial score (nSPS) is 14.4. The van der Waals surface area contributed by atoms with Gasteiger partial charge in [0.2, 0.25) is 0 Å². The van der Waals surface area contributed by atoms with Gasteiger partial charge >= 0.3 is 39.5 Å². The van der Waals surface area contributed by atoms with Crippen molar-refractivity contribution >= 4 is 39.5 Å². The van der Waals surface area contributed by atoms with Gasteiger partial charge in [-0.05, 0) is 49.4 Å². The maximum atomic E-state index is 13.1. The number of phosphoric acid groups is 2. The van der Waals surface area contributed by atoms with Crippen LogP contribution in [0.3, 0.4) is 0 Å². The highest BCUT2D eigenvalue weighted by Crippen LogP contribution is 2.45. The lowest BCUT2D eigenvalue weighted by Crippen LogP contribution is -2.30. The molecule has 0 spiro atoms. The summed E-state index contributed by atoms with van der Waals surface area (Å²) in [6, 6.07) is 0. The van der Waals surface area contributed by atoms with Crippen LogP contribution in [-0.2, 0) is 65.4 Å². The van der Waals surface area contributed by atoms with Crippen LogP contribution in [0, 0.1) is 23.7 Å². The van der Waals surface area contributed by atoms with E-state index in [1.807, 2.05) is 0 Å². The zero-order valence-electron chi connectivity index (χ0n) is 63.0. The Balaban J connectivity index is 5.23. The topological polar surface area (TPSA) is 237 Å². The highest BCUT2D eigenvalue weighted by atomic mass is 31.2. The molecule has 0 rings (SSSR count). The summed E-state index contributed by atoms with van der Waals surface area (Å²) < 4.78 is 68.6. The molecule has 0 fully saturated rings. The molecule has 6 atom stereocenters. The Morgan fingerprint density at radius 2 is 0.500 bits per heavy atom. The van der Waals surface area contributed by atoms with Gasteiger partial charge in [-0.1, -0.05) is 338 Å². The summed E-state index contributed by atoms with van der Waals surface area (Å²) in [4.78, 5) is 72.8. The minimum atomic E-state index is -4.96. The summed E-state index contributed by atoms with van der Waals surface area (Å²) in [6.07, 6.45) is 51.4. The third-order valence-corrected chi connectivity index (χ3v) is 20.1. The fraction of sp³-hybridized carbons (Fsp3) is 0.948. The number of carbonyl (C=O) groups excluding carboxylic acids is 4. The number of esters is 4. The summed E-state index contributed by atoms with van der Waals surface area (Å²) in [7, 11) is -9.92. The second-order valence-corrected chi connectivity index (χ2v) is 32.3. The van der Waals surface area contributed by atoms with E-state index >= 15 is 0 Å². The lowest BCUT2D eigenvalue weighted by atomic mass is 10.00. The molecule has 3 unspecified atom stereocenters. The van der Waals surface area contributed by atoms with Crippen LogP contribution in [0.25, 0.3) is 0 Å². The molecule has 0 saturated heterocycles. The number of rotatable bonds is 74. The summed E-state index contributed by atoms with van der Waals surface area (Å²) in [6.45, 7) is 14.2. The van der Waals surface area contributed by atoms with Gasteiger partial charge in [0.1, 0.15) is 19.3 Å². The zero-order chi connectivity index (χ0) is 71.0. The van der Waals surface area contributed by atoms with Gasteiger partial charge in [0, 0.05) is 25.7 Å². The fourth-order valence-corrected chi connectivity index (χ4v) is 13.3. The van der Waals surface area contributed by atoms with E-state index in [4.69, 9.17) is 37.0 Å². The molecule has 17 nitrogen and oxygen atoms in total. The maximum absolute atomic E-state index is 13.1. The lowest BCUT2D eigenvalue weighted by molar-refractivity contribution is -0.161. The average Bonchev–Trinajstić information content (AvgIpc) is 1.67. The molecule has 19 heteroatoms. The first kappa shape index (κ1) is 94.1. The van der Waals surface area contributed by atoms with Crippen molar-refractivity contribution < 1.29 is 80.2 Å². The van der Waals surface area contributed by atoms with Crippen LogP contribution < -0.4 is 0 Å². The van der Waals surface area contributed by atoms with E-state index in [2.05, 4.69) is 55.4 Å². The largest absolute Gasteiger partial charge is 0.472 e. The van der Waals surface area contributed by atoms with Crippen molar-refractivity contribution in [2.45, 2.75) is 408 Å². The molecule has 0 aliphatic rings. The van der Waals surface area contributed by atoms with E-state index in [0.29, 0.717) is 25.7 Å². The van der Waals surface area contributed by atoms with Crippen LogP contribution in [0.15, 0.2) is 0 Å². The Morgan fingerprint density at radius 1 is 0.292 bits per heavy atom. The first-order chi connectivity index (χ1) is 46.1. The number of carbonyl (C=O) groups is 4. The zero-order valence-corrected chi connectivity index (χ0v) is 64.8. The van der Waals surface area contributed by atoms with Crippen molar-refractivity contribution in [3.05, 3.63) is 0 Å². The van der Waals surface area contributed by atoms with Gasteiger partial charge in [-0.25, -0.2) is 9.13 Å². The van der Waals surface area contributed by atoms with E-state index in [1.54, 1.807) is 0 Å². The number of hydrogen-bond donors (Lipinski definition) is 3. The van der Waals surface area contributed by atoms with Crippen LogP contribution in [0.1, 0.15) is 389 Å². The Morgan fingerprint density at radius 3 is 0.740 bits per heavy atom. The first-order valence-corrected chi connectivity index (χ1v) is 42.7. The predicted octanol–water partition coefficient (Wildman–Crippen LogP) is 22.4. The SMILES string of the molecule is CCC(C)CCCCCCCCC(=O)OC[C@H](COP(=O)(O)OC[C@H](O)COP(=O)(O)OC[C@@H](COC(=O)CCCCCCCCCCCC(C)C)OC(=O)CCCCCCCCCCCCCCC(C)C)OC(=O)CCCCCCCCCCCCCCCCCCC(C)C. The van der Waals surface area contributed by atoms with Gasteiger partial charge in [0.05, 0.1) is 26.4 Å². The first-order valence-electron chi connectivity index (χ1n) is 39.7. The molecular formula is C77H150O17P2. The predicted molar refractivity (Wildman–Crippen MR) is 391 cm³/mol. The quantitative estimate of drug-likeness (QED) is 0.0222. The van der Waals surface area contributed by atoms with Crippen molar-refractivity contribution in [3.8, 4) is 0 Å². The Bertz CT molecular complexity index is 1890. The average molecular weight is 1410 g/mol.